The molecule has 5 nitrogen and oxygen atoms in total. The van der Waals surface area contributed by atoms with Gasteiger partial charge < -0.3 is 10.1 Å². The number of amides is 1. The lowest BCUT2D eigenvalue weighted by Gasteiger charge is -2.19. The lowest BCUT2D eigenvalue weighted by molar-refractivity contribution is -0.125. The maximum absolute atomic E-state index is 13.4. The predicted octanol–water partition coefficient (Wildman–Crippen LogP) is 1.59. The summed E-state index contributed by atoms with van der Waals surface area (Å²) in [6.45, 7) is 1.08. The van der Waals surface area contributed by atoms with Gasteiger partial charge in [0.15, 0.2) is 11.0 Å². The van der Waals surface area contributed by atoms with Gasteiger partial charge in [-0.25, -0.2) is 4.39 Å². The van der Waals surface area contributed by atoms with E-state index in [-0.39, 0.29) is 29.5 Å². The maximum atomic E-state index is 13.4. The Morgan fingerprint density at radius 3 is 3.05 bits per heavy atom. The molecule has 1 N–H and O–H groups in total. The number of likely N-dealkylation sites (tertiary alicyclic amines) is 1. The number of ether oxygens (including phenoxy) is 1. The van der Waals surface area contributed by atoms with Gasteiger partial charge in [-0.05, 0) is 32.5 Å². The van der Waals surface area contributed by atoms with E-state index >= 15 is 0 Å². The third-order valence-corrected chi connectivity index (χ3v) is 3.71. The van der Waals surface area contributed by atoms with E-state index in [1.54, 1.807) is 0 Å². The van der Waals surface area contributed by atoms with Crippen LogP contribution in [-0.4, -0.2) is 42.5 Å². The molecule has 1 aliphatic heterocycles. The van der Waals surface area contributed by atoms with Gasteiger partial charge in [-0.15, -0.1) is 0 Å². The molecule has 1 aromatic rings. The molecule has 110 valence electrons. The lowest BCUT2D eigenvalue weighted by Crippen LogP contribution is -2.41. The van der Waals surface area contributed by atoms with Crippen LogP contribution in [0.5, 0.6) is 5.88 Å². The van der Waals surface area contributed by atoms with Crippen molar-refractivity contribution >= 4 is 17.5 Å². The van der Waals surface area contributed by atoms with E-state index in [0.717, 1.165) is 19.4 Å². The highest BCUT2D eigenvalue weighted by molar-refractivity contribution is 6.29. The zero-order valence-corrected chi connectivity index (χ0v) is 12.2. The van der Waals surface area contributed by atoms with E-state index in [9.17, 15) is 9.18 Å². The third kappa shape index (κ3) is 3.19. The Morgan fingerprint density at radius 2 is 2.45 bits per heavy atom. The standard InChI is InChI=1S/C13H17ClFN3O2/c1-18-5-3-4-10(18)12(19)16-7-8-6-9(15)11(14)17-13(8)20-2/h6,10H,3-5,7H2,1-2H3,(H,16,19)/t10-/m0/s1. The number of aromatic nitrogens is 1. The van der Waals surface area contributed by atoms with Gasteiger partial charge in [-0.2, -0.15) is 4.98 Å². The Labute approximate surface area is 122 Å². The summed E-state index contributed by atoms with van der Waals surface area (Å²) in [5, 5.41) is 2.54. The van der Waals surface area contributed by atoms with Crippen LogP contribution >= 0.6 is 11.6 Å². The van der Waals surface area contributed by atoms with E-state index < -0.39 is 5.82 Å². The van der Waals surface area contributed by atoms with Gasteiger partial charge in [-0.3, -0.25) is 9.69 Å². The number of methoxy groups -OCH3 is 1. The van der Waals surface area contributed by atoms with Crippen molar-refractivity contribution in [2.75, 3.05) is 20.7 Å². The zero-order chi connectivity index (χ0) is 14.7. The average Bonchev–Trinajstić information content (AvgIpc) is 2.85. The highest BCUT2D eigenvalue weighted by atomic mass is 35.5. The molecule has 0 aliphatic carbocycles. The minimum atomic E-state index is -0.630. The summed E-state index contributed by atoms with van der Waals surface area (Å²) < 4.78 is 18.4. The molecule has 0 spiro atoms. The lowest BCUT2D eigenvalue weighted by atomic mass is 10.2. The molecule has 7 heteroatoms. The van der Waals surface area contributed by atoms with Crippen molar-refractivity contribution in [2.45, 2.75) is 25.4 Å². The van der Waals surface area contributed by atoms with Gasteiger partial charge in [0.2, 0.25) is 11.8 Å². The summed E-state index contributed by atoms with van der Waals surface area (Å²) in [6, 6.07) is 1.11. The molecule has 0 aromatic carbocycles. The number of halogens is 2. The summed E-state index contributed by atoms with van der Waals surface area (Å²) in [4.78, 5) is 17.8. The number of carbonyl (C=O) groups is 1. The Kier molecular flexibility index (Phi) is 4.77. The molecule has 0 bridgehead atoms. The number of carbonyl (C=O) groups excluding carboxylic acids is 1. The molecule has 20 heavy (non-hydrogen) atoms. The maximum Gasteiger partial charge on any atom is 0.237 e. The van der Waals surface area contributed by atoms with Crippen LogP contribution in [0.3, 0.4) is 0 Å². The molecule has 1 fully saturated rings. The molecule has 0 unspecified atom stereocenters. The summed E-state index contributed by atoms with van der Waals surface area (Å²) in [5.41, 5.74) is 0.461. The van der Waals surface area contributed by atoms with Crippen LogP contribution in [0.1, 0.15) is 18.4 Å². The second kappa shape index (κ2) is 6.37. The first kappa shape index (κ1) is 15.0. The van der Waals surface area contributed by atoms with Crippen molar-refractivity contribution in [1.82, 2.24) is 15.2 Å². The fourth-order valence-corrected chi connectivity index (χ4v) is 2.46. The Hall–Kier alpha value is -1.40. The van der Waals surface area contributed by atoms with Crippen LogP contribution in [0.25, 0.3) is 0 Å². The van der Waals surface area contributed by atoms with Crippen molar-refractivity contribution in [3.8, 4) is 5.88 Å². The zero-order valence-electron chi connectivity index (χ0n) is 11.4. The molecular formula is C13H17ClFN3O2. The average molecular weight is 302 g/mol. The van der Waals surface area contributed by atoms with Crippen LogP contribution in [0.2, 0.25) is 5.15 Å². The number of likely N-dealkylation sites (N-methyl/N-ethyl adjacent to an activating group) is 1. The van der Waals surface area contributed by atoms with Gasteiger partial charge in [0.25, 0.3) is 0 Å². The number of nitrogens with one attached hydrogen (secondary N) is 1. The molecular weight excluding hydrogens is 285 g/mol. The number of pyridine rings is 1. The highest BCUT2D eigenvalue weighted by Gasteiger charge is 2.27. The second-order valence-corrected chi connectivity index (χ2v) is 5.14. The largest absolute Gasteiger partial charge is 0.481 e. The topological polar surface area (TPSA) is 54.5 Å². The molecule has 1 aromatic heterocycles. The molecule has 0 radical (unpaired) electrons. The number of nitrogens with zero attached hydrogens (tertiary/aromatic N) is 2. The minimum Gasteiger partial charge on any atom is -0.481 e. The predicted molar refractivity (Wildman–Crippen MR) is 73.3 cm³/mol. The molecule has 1 amide bonds. The first-order chi connectivity index (χ1) is 9.52. The minimum absolute atomic E-state index is 0.0672. The first-order valence-electron chi connectivity index (χ1n) is 6.39. The molecule has 1 saturated heterocycles. The van der Waals surface area contributed by atoms with E-state index in [0.29, 0.717) is 5.56 Å². The Balaban J connectivity index is 2.03. The quantitative estimate of drug-likeness (QED) is 0.858. The van der Waals surface area contributed by atoms with Gasteiger partial charge >= 0.3 is 0 Å². The fourth-order valence-electron chi connectivity index (χ4n) is 2.33. The van der Waals surface area contributed by atoms with Gasteiger partial charge in [0.1, 0.15) is 0 Å². The third-order valence-electron chi connectivity index (χ3n) is 3.44. The molecule has 1 aliphatic rings. The van der Waals surface area contributed by atoms with Crippen LogP contribution in [0.15, 0.2) is 6.07 Å². The normalized spacial score (nSPS) is 19.1. The van der Waals surface area contributed by atoms with Crippen LogP contribution in [0.4, 0.5) is 4.39 Å². The number of rotatable bonds is 4. The molecule has 2 heterocycles. The highest BCUT2D eigenvalue weighted by Crippen LogP contribution is 2.22. The van der Waals surface area contributed by atoms with Gasteiger partial charge in [0.05, 0.1) is 13.2 Å². The van der Waals surface area contributed by atoms with Crippen molar-refractivity contribution in [2.24, 2.45) is 0 Å². The molecule has 0 saturated carbocycles. The van der Waals surface area contributed by atoms with Crippen LogP contribution in [0, 0.1) is 5.82 Å². The van der Waals surface area contributed by atoms with Gasteiger partial charge in [0, 0.05) is 12.1 Å². The van der Waals surface area contributed by atoms with E-state index in [4.69, 9.17) is 16.3 Å². The Morgan fingerprint density at radius 1 is 1.70 bits per heavy atom. The summed E-state index contributed by atoms with van der Waals surface area (Å²) >= 11 is 5.59. The van der Waals surface area contributed by atoms with Crippen LogP contribution in [-0.2, 0) is 11.3 Å². The summed E-state index contributed by atoms with van der Waals surface area (Å²) in [6.07, 6.45) is 1.85. The molecule has 2 rings (SSSR count). The summed E-state index contributed by atoms with van der Waals surface area (Å²) in [5.74, 6) is -0.478. The number of hydrogen-bond acceptors (Lipinski definition) is 4. The second-order valence-electron chi connectivity index (χ2n) is 4.79. The van der Waals surface area contributed by atoms with Crippen molar-refractivity contribution < 1.29 is 13.9 Å². The first-order valence-corrected chi connectivity index (χ1v) is 6.77. The SMILES string of the molecule is COc1nc(Cl)c(F)cc1CNC(=O)[C@@H]1CCCN1C. The van der Waals surface area contributed by atoms with Crippen molar-refractivity contribution in [3.63, 3.8) is 0 Å². The Bertz CT molecular complexity index is 513. The fraction of sp³-hybridized carbons (Fsp3) is 0.538. The smallest absolute Gasteiger partial charge is 0.237 e. The van der Waals surface area contributed by atoms with Crippen LogP contribution < -0.4 is 10.1 Å². The van der Waals surface area contributed by atoms with Crippen molar-refractivity contribution in [1.29, 1.82) is 0 Å². The van der Waals surface area contributed by atoms with E-state index in [1.165, 1.54) is 13.2 Å². The van der Waals surface area contributed by atoms with Gasteiger partial charge in [-0.1, -0.05) is 11.6 Å². The number of hydrogen-bond donors (Lipinski definition) is 1. The van der Waals surface area contributed by atoms with E-state index in [2.05, 4.69) is 10.3 Å². The summed E-state index contributed by atoms with van der Waals surface area (Å²) in [7, 11) is 3.34. The monoisotopic (exact) mass is 301 g/mol. The molecule has 1 atom stereocenters. The van der Waals surface area contributed by atoms with Crippen molar-refractivity contribution in [3.05, 3.63) is 22.6 Å². The van der Waals surface area contributed by atoms with E-state index in [1.807, 2.05) is 11.9 Å².